The molecule has 0 saturated heterocycles. The van der Waals surface area contributed by atoms with Crippen molar-refractivity contribution in [2.45, 2.75) is 20.0 Å². The normalized spacial score (nSPS) is 10.7. The Morgan fingerprint density at radius 3 is 2.45 bits per heavy atom. The zero-order valence-corrected chi connectivity index (χ0v) is 13.0. The fourth-order valence-electron chi connectivity index (χ4n) is 1.35. The van der Waals surface area contributed by atoms with Crippen LogP contribution in [-0.2, 0) is 0 Å². The van der Waals surface area contributed by atoms with E-state index in [-0.39, 0.29) is 23.3 Å². The molecule has 2 aromatic rings. The molecule has 1 N–H and O–H groups in total. The molecule has 0 aliphatic rings. The fourth-order valence-corrected chi connectivity index (χ4v) is 1.80. The summed E-state index contributed by atoms with van der Waals surface area (Å²) in [5.41, 5.74) is 0.678. The van der Waals surface area contributed by atoms with Crippen LogP contribution in [0.5, 0.6) is 6.01 Å². The number of benzene rings is 1. The Labute approximate surface area is 131 Å². The topological polar surface area (TPSA) is 59.9 Å². The van der Waals surface area contributed by atoms with Crippen molar-refractivity contribution in [3.8, 4) is 6.01 Å². The van der Waals surface area contributed by atoms with E-state index < -0.39 is 0 Å². The van der Waals surface area contributed by atoms with Gasteiger partial charge in [0.1, 0.15) is 0 Å². The van der Waals surface area contributed by atoms with Crippen LogP contribution in [0.25, 0.3) is 0 Å². The predicted molar refractivity (Wildman–Crippen MR) is 80.3 cm³/mol. The summed E-state index contributed by atoms with van der Waals surface area (Å²) >= 11 is 17.6. The zero-order chi connectivity index (χ0) is 14.7. The molecule has 0 atom stereocenters. The van der Waals surface area contributed by atoms with Gasteiger partial charge in [-0.15, -0.1) is 0 Å². The number of hydrogen-bond donors (Lipinski definition) is 1. The number of nitrogens with one attached hydrogen (secondary N) is 1. The van der Waals surface area contributed by atoms with E-state index >= 15 is 0 Å². The number of halogens is 3. The highest BCUT2D eigenvalue weighted by Gasteiger charge is 2.08. The summed E-state index contributed by atoms with van der Waals surface area (Å²) in [6.45, 7) is 3.73. The summed E-state index contributed by atoms with van der Waals surface area (Å²) in [6.07, 6.45) is -0.0636. The van der Waals surface area contributed by atoms with Crippen LogP contribution in [0, 0.1) is 0 Å². The second-order valence-electron chi connectivity index (χ2n) is 4.13. The lowest BCUT2D eigenvalue weighted by Gasteiger charge is -2.10. The maximum absolute atomic E-state index is 5.94. The quantitative estimate of drug-likeness (QED) is 0.900. The molecule has 1 heterocycles. The highest BCUT2D eigenvalue weighted by atomic mass is 35.5. The van der Waals surface area contributed by atoms with Crippen LogP contribution >= 0.6 is 34.8 Å². The lowest BCUT2D eigenvalue weighted by Crippen LogP contribution is -2.10. The average Bonchev–Trinajstić information content (AvgIpc) is 2.32. The molecule has 1 aromatic heterocycles. The van der Waals surface area contributed by atoms with E-state index in [9.17, 15) is 0 Å². The fraction of sp³-hybridized carbons (Fsp3) is 0.250. The van der Waals surface area contributed by atoms with Gasteiger partial charge in [-0.3, -0.25) is 0 Å². The molecule has 20 heavy (non-hydrogen) atoms. The van der Waals surface area contributed by atoms with E-state index in [2.05, 4.69) is 20.3 Å². The molecule has 5 nitrogen and oxygen atoms in total. The van der Waals surface area contributed by atoms with Gasteiger partial charge < -0.3 is 10.1 Å². The molecular formula is C12H11Cl3N4O. The molecule has 2 rings (SSSR count). The Kier molecular flexibility index (Phi) is 4.86. The highest BCUT2D eigenvalue weighted by molar-refractivity contribution is 6.42. The summed E-state index contributed by atoms with van der Waals surface area (Å²) in [6, 6.07) is 5.22. The van der Waals surface area contributed by atoms with Crippen molar-refractivity contribution in [3.63, 3.8) is 0 Å². The third-order valence-corrected chi connectivity index (χ3v) is 3.01. The van der Waals surface area contributed by atoms with E-state index in [1.54, 1.807) is 18.2 Å². The van der Waals surface area contributed by atoms with Crippen LogP contribution < -0.4 is 10.1 Å². The minimum absolute atomic E-state index is 0.0400. The predicted octanol–water partition coefficient (Wildman–Crippen LogP) is 4.36. The van der Waals surface area contributed by atoms with E-state index in [4.69, 9.17) is 39.5 Å². The molecule has 0 aliphatic carbocycles. The Morgan fingerprint density at radius 1 is 1.05 bits per heavy atom. The zero-order valence-electron chi connectivity index (χ0n) is 10.7. The Balaban J connectivity index is 2.24. The molecular weight excluding hydrogens is 323 g/mol. The summed E-state index contributed by atoms with van der Waals surface area (Å²) in [7, 11) is 0. The molecule has 106 valence electrons. The molecule has 0 radical (unpaired) electrons. The molecule has 1 aromatic carbocycles. The van der Waals surface area contributed by atoms with Crippen molar-refractivity contribution < 1.29 is 4.74 Å². The van der Waals surface area contributed by atoms with Gasteiger partial charge in [0.2, 0.25) is 11.2 Å². The van der Waals surface area contributed by atoms with Crippen LogP contribution in [0.15, 0.2) is 18.2 Å². The van der Waals surface area contributed by atoms with Gasteiger partial charge in [0.25, 0.3) is 0 Å². The van der Waals surface area contributed by atoms with Crippen molar-refractivity contribution in [3.05, 3.63) is 33.5 Å². The van der Waals surface area contributed by atoms with Crippen LogP contribution in [0.4, 0.5) is 11.6 Å². The Bertz CT molecular complexity index is 622. The van der Waals surface area contributed by atoms with Crippen LogP contribution in [0.1, 0.15) is 13.8 Å². The van der Waals surface area contributed by atoms with Gasteiger partial charge in [-0.05, 0) is 43.6 Å². The first-order valence-electron chi connectivity index (χ1n) is 5.74. The van der Waals surface area contributed by atoms with Gasteiger partial charge in [-0.2, -0.15) is 15.0 Å². The molecule has 8 heteroatoms. The molecule has 0 spiro atoms. The second kappa shape index (κ2) is 6.43. The third kappa shape index (κ3) is 4.10. The van der Waals surface area contributed by atoms with Gasteiger partial charge in [0.05, 0.1) is 16.1 Å². The molecule has 0 saturated carbocycles. The number of aromatic nitrogens is 3. The van der Waals surface area contributed by atoms with Gasteiger partial charge in [0, 0.05) is 5.69 Å². The summed E-state index contributed by atoms with van der Waals surface area (Å²) < 4.78 is 5.38. The maximum Gasteiger partial charge on any atom is 0.322 e. The van der Waals surface area contributed by atoms with Crippen LogP contribution in [0.3, 0.4) is 0 Å². The molecule has 0 aliphatic heterocycles. The van der Waals surface area contributed by atoms with Crippen molar-refractivity contribution >= 4 is 46.4 Å². The first-order chi connectivity index (χ1) is 9.44. The van der Waals surface area contributed by atoms with Gasteiger partial charge in [-0.25, -0.2) is 0 Å². The van der Waals surface area contributed by atoms with E-state index in [1.807, 2.05) is 13.8 Å². The largest absolute Gasteiger partial charge is 0.461 e. The Hall–Kier alpha value is -1.30. The lowest BCUT2D eigenvalue weighted by molar-refractivity contribution is 0.222. The Morgan fingerprint density at radius 2 is 1.80 bits per heavy atom. The van der Waals surface area contributed by atoms with Crippen molar-refractivity contribution in [2.24, 2.45) is 0 Å². The lowest BCUT2D eigenvalue weighted by atomic mass is 10.3. The third-order valence-electron chi connectivity index (χ3n) is 2.10. The molecule has 0 fully saturated rings. The molecule has 0 amide bonds. The number of rotatable bonds is 4. The first-order valence-corrected chi connectivity index (χ1v) is 6.88. The monoisotopic (exact) mass is 332 g/mol. The number of nitrogens with zero attached hydrogens (tertiary/aromatic N) is 3. The van der Waals surface area contributed by atoms with Crippen molar-refractivity contribution in [2.75, 3.05) is 5.32 Å². The van der Waals surface area contributed by atoms with E-state index in [1.165, 1.54) is 0 Å². The summed E-state index contributed by atoms with van der Waals surface area (Å²) in [5, 5.41) is 3.89. The number of ether oxygens (including phenoxy) is 1. The van der Waals surface area contributed by atoms with Crippen molar-refractivity contribution in [1.29, 1.82) is 0 Å². The smallest absolute Gasteiger partial charge is 0.322 e. The molecule has 0 unspecified atom stereocenters. The van der Waals surface area contributed by atoms with Gasteiger partial charge in [-0.1, -0.05) is 23.2 Å². The van der Waals surface area contributed by atoms with E-state index in [0.29, 0.717) is 15.7 Å². The summed E-state index contributed by atoms with van der Waals surface area (Å²) in [4.78, 5) is 12.0. The average molecular weight is 334 g/mol. The van der Waals surface area contributed by atoms with Crippen LogP contribution in [0.2, 0.25) is 15.3 Å². The minimum atomic E-state index is -0.0636. The highest BCUT2D eigenvalue weighted by Crippen LogP contribution is 2.26. The minimum Gasteiger partial charge on any atom is -0.461 e. The van der Waals surface area contributed by atoms with Gasteiger partial charge in [0.15, 0.2) is 0 Å². The number of hydrogen-bond acceptors (Lipinski definition) is 5. The van der Waals surface area contributed by atoms with Gasteiger partial charge >= 0.3 is 6.01 Å². The summed E-state index contributed by atoms with van der Waals surface area (Å²) in [5.74, 6) is 0.263. The SMILES string of the molecule is CC(C)Oc1nc(Cl)nc(Nc2ccc(Cl)c(Cl)c2)n1. The second-order valence-corrected chi connectivity index (χ2v) is 5.28. The molecule has 0 bridgehead atoms. The van der Waals surface area contributed by atoms with Crippen LogP contribution in [-0.4, -0.2) is 21.1 Å². The first kappa shape index (κ1) is 15.1. The number of anilines is 2. The standard InChI is InChI=1S/C12H11Cl3N4O/c1-6(2)20-12-18-10(15)17-11(19-12)16-7-3-4-8(13)9(14)5-7/h3-6H,1-2H3,(H,16,17,18,19). The maximum atomic E-state index is 5.94. The van der Waals surface area contributed by atoms with Crippen molar-refractivity contribution in [1.82, 2.24) is 15.0 Å². The van der Waals surface area contributed by atoms with E-state index in [0.717, 1.165) is 0 Å².